The predicted octanol–water partition coefficient (Wildman–Crippen LogP) is 5.72. The maximum absolute atomic E-state index is 14.7. The van der Waals surface area contributed by atoms with Gasteiger partial charge in [-0.15, -0.1) is 0 Å². The lowest BCUT2D eigenvalue weighted by Gasteiger charge is -2.37. The Kier molecular flexibility index (Phi) is 4.11. The van der Waals surface area contributed by atoms with Gasteiger partial charge in [0.05, 0.1) is 23.3 Å². The van der Waals surface area contributed by atoms with Crippen molar-refractivity contribution in [3.63, 3.8) is 0 Å². The van der Waals surface area contributed by atoms with Crippen LogP contribution < -0.4 is 5.32 Å². The van der Waals surface area contributed by atoms with Crippen LogP contribution in [0.1, 0.15) is 38.3 Å². The number of benzene rings is 2. The number of rotatable bonds is 1. The minimum absolute atomic E-state index is 0.0737. The van der Waals surface area contributed by atoms with Crippen molar-refractivity contribution in [2.24, 2.45) is 16.3 Å². The first-order valence-corrected chi connectivity index (χ1v) is 9.13. The number of fused-ring (bicyclic) bond motifs is 2. The zero-order valence-electron chi connectivity index (χ0n) is 14.7. The lowest BCUT2D eigenvalue weighted by Crippen LogP contribution is -2.42. The quantitative estimate of drug-likeness (QED) is 0.697. The summed E-state index contributed by atoms with van der Waals surface area (Å²) in [5.41, 5.74) is 2.52. The summed E-state index contributed by atoms with van der Waals surface area (Å²) in [6.45, 7) is 4.14. The molecule has 2 atom stereocenters. The first-order chi connectivity index (χ1) is 12.4. The molecule has 26 heavy (non-hydrogen) atoms. The van der Waals surface area contributed by atoms with Crippen molar-refractivity contribution in [2.75, 3.05) is 5.32 Å². The highest BCUT2D eigenvalue weighted by Crippen LogP contribution is 2.46. The van der Waals surface area contributed by atoms with Crippen LogP contribution in [0.2, 0.25) is 5.02 Å². The fourth-order valence-corrected chi connectivity index (χ4v) is 4.34. The van der Waals surface area contributed by atoms with E-state index in [2.05, 4.69) is 19.2 Å². The number of nitrogens with one attached hydrogen (secondary N) is 1. The molecule has 0 spiro atoms. The Labute approximate surface area is 157 Å². The smallest absolute Gasteiger partial charge is 0.144 e. The topological polar surface area (TPSA) is 41.5 Å². The zero-order chi connectivity index (χ0) is 18.5. The molecule has 1 fully saturated rings. The maximum atomic E-state index is 14.7. The first kappa shape index (κ1) is 17.2. The third-order valence-electron chi connectivity index (χ3n) is 5.14. The summed E-state index contributed by atoms with van der Waals surface area (Å²) in [5.74, 6) is -0.860. The summed E-state index contributed by atoms with van der Waals surface area (Å²) in [5, 5.41) is 3.67. The molecule has 1 saturated carbocycles. The number of para-hydroxylation sites is 2. The van der Waals surface area contributed by atoms with Gasteiger partial charge in [-0.05, 0) is 36.1 Å². The van der Waals surface area contributed by atoms with E-state index in [0.717, 1.165) is 17.1 Å². The lowest BCUT2D eigenvalue weighted by atomic mass is 9.68. The minimum Gasteiger partial charge on any atom is -0.375 e. The summed E-state index contributed by atoms with van der Waals surface area (Å²) in [6.07, 6.45) is 1.14. The molecular formula is C21H20ClFN2O. The number of hydrogen-bond donors (Lipinski definition) is 1. The highest BCUT2D eigenvalue weighted by atomic mass is 35.5. The number of aliphatic imine (C=N–C) groups is 1. The van der Waals surface area contributed by atoms with Crippen LogP contribution in [0, 0.1) is 17.2 Å². The Morgan fingerprint density at radius 3 is 2.69 bits per heavy atom. The molecule has 0 bridgehead atoms. The van der Waals surface area contributed by atoms with Crippen LogP contribution in [0.15, 0.2) is 47.5 Å². The summed E-state index contributed by atoms with van der Waals surface area (Å²) in [6, 6.07) is 11.7. The van der Waals surface area contributed by atoms with E-state index in [0.29, 0.717) is 23.4 Å². The molecule has 2 aromatic carbocycles. The normalized spacial score (nSPS) is 24.0. The Balaban J connectivity index is 1.92. The van der Waals surface area contributed by atoms with Gasteiger partial charge in [-0.25, -0.2) is 4.39 Å². The SMILES string of the molecule is CC1(C)CC(=O)[C@H]2C(=Nc3ccccc3N[C@H]2c2c(F)cccc2Cl)C1. The second-order valence-corrected chi connectivity index (χ2v) is 8.25. The first-order valence-electron chi connectivity index (χ1n) is 8.75. The largest absolute Gasteiger partial charge is 0.375 e. The van der Waals surface area contributed by atoms with Crippen LogP contribution in [0.3, 0.4) is 0 Å². The fourth-order valence-electron chi connectivity index (χ4n) is 4.06. The summed E-state index contributed by atoms with van der Waals surface area (Å²) in [7, 11) is 0. The van der Waals surface area contributed by atoms with Crippen molar-refractivity contribution in [3.05, 3.63) is 58.9 Å². The Bertz CT molecular complexity index is 902. The highest BCUT2D eigenvalue weighted by Gasteiger charge is 2.45. The van der Waals surface area contributed by atoms with Crippen LogP contribution >= 0.6 is 11.6 Å². The van der Waals surface area contributed by atoms with E-state index in [-0.39, 0.29) is 11.2 Å². The molecule has 0 aromatic heterocycles. The average Bonchev–Trinajstić information content (AvgIpc) is 2.70. The highest BCUT2D eigenvalue weighted by molar-refractivity contribution is 6.31. The molecule has 2 aliphatic rings. The lowest BCUT2D eigenvalue weighted by molar-refractivity contribution is -0.124. The monoisotopic (exact) mass is 370 g/mol. The molecular weight excluding hydrogens is 351 g/mol. The van der Waals surface area contributed by atoms with Gasteiger partial charge in [-0.3, -0.25) is 9.79 Å². The van der Waals surface area contributed by atoms with Crippen molar-refractivity contribution in [2.45, 2.75) is 32.7 Å². The Morgan fingerprint density at radius 2 is 1.92 bits per heavy atom. The number of halogens is 2. The van der Waals surface area contributed by atoms with Crippen molar-refractivity contribution in [1.82, 2.24) is 0 Å². The second kappa shape index (κ2) is 6.20. The van der Waals surface area contributed by atoms with Gasteiger partial charge in [-0.1, -0.05) is 43.6 Å². The number of anilines is 1. The van der Waals surface area contributed by atoms with Crippen LogP contribution in [-0.4, -0.2) is 11.5 Å². The standard InChI is InChI=1S/C21H20ClFN2O/c1-21(2)10-16-19(17(26)11-21)20(18-12(22)6-5-7-13(18)23)25-15-9-4-3-8-14(15)24-16/h3-9,19-20,25H,10-11H2,1-2H3/t19-,20+/m1/s1. The molecule has 1 N–H and O–H groups in total. The molecule has 0 unspecified atom stereocenters. The molecule has 3 nitrogen and oxygen atoms in total. The number of Topliss-reactive ketones (excluding diaryl/α,β-unsaturated/α-hetero) is 1. The third kappa shape index (κ3) is 2.92. The molecule has 0 amide bonds. The minimum atomic E-state index is -0.574. The van der Waals surface area contributed by atoms with Gasteiger partial charge in [0.2, 0.25) is 0 Å². The number of nitrogens with zero attached hydrogens (tertiary/aromatic N) is 1. The number of hydrogen-bond acceptors (Lipinski definition) is 3. The van der Waals surface area contributed by atoms with Crippen LogP contribution in [0.4, 0.5) is 15.8 Å². The van der Waals surface area contributed by atoms with Gasteiger partial charge in [0.25, 0.3) is 0 Å². The Hall–Kier alpha value is -2.20. The summed E-state index contributed by atoms with van der Waals surface area (Å²) in [4.78, 5) is 17.9. The van der Waals surface area contributed by atoms with Gasteiger partial charge >= 0.3 is 0 Å². The summed E-state index contributed by atoms with van der Waals surface area (Å²) < 4.78 is 14.7. The fraction of sp³-hybridized carbons (Fsp3) is 0.333. The van der Waals surface area contributed by atoms with E-state index in [1.807, 2.05) is 24.3 Å². The molecule has 1 aliphatic heterocycles. The van der Waals surface area contributed by atoms with E-state index >= 15 is 0 Å². The average molecular weight is 371 g/mol. The van der Waals surface area contributed by atoms with Crippen LogP contribution in [0.25, 0.3) is 0 Å². The van der Waals surface area contributed by atoms with E-state index in [4.69, 9.17) is 16.6 Å². The van der Waals surface area contributed by atoms with E-state index in [9.17, 15) is 9.18 Å². The van der Waals surface area contributed by atoms with Crippen molar-refractivity contribution in [3.8, 4) is 0 Å². The number of ketones is 1. The zero-order valence-corrected chi connectivity index (χ0v) is 15.5. The second-order valence-electron chi connectivity index (χ2n) is 7.84. The van der Waals surface area contributed by atoms with Gasteiger partial charge in [0.1, 0.15) is 11.6 Å². The van der Waals surface area contributed by atoms with Crippen molar-refractivity contribution >= 4 is 34.5 Å². The molecule has 1 heterocycles. The van der Waals surface area contributed by atoms with Gasteiger partial charge in [0, 0.05) is 22.7 Å². The molecule has 0 radical (unpaired) electrons. The van der Waals surface area contributed by atoms with E-state index in [1.165, 1.54) is 6.07 Å². The van der Waals surface area contributed by atoms with Gasteiger partial charge < -0.3 is 5.32 Å². The predicted molar refractivity (Wildman–Crippen MR) is 103 cm³/mol. The van der Waals surface area contributed by atoms with E-state index < -0.39 is 17.8 Å². The summed E-state index contributed by atoms with van der Waals surface area (Å²) >= 11 is 6.35. The molecule has 0 saturated heterocycles. The van der Waals surface area contributed by atoms with Gasteiger partial charge in [0.15, 0.2) is 0 Å². The molecule has 2 aromatic rings. The number of carbonyl (C=O) groups is 1. The number of carbonyl (C=O) groups excluding carboxylic acids is 1. The molecule has 134 valence electrons. The Morgan fingerprint density at radius 1 is 1.15 bits per heavy atom. The third-order valence-corrected chi connectivity index (χ3v) is 5.47. The van der Waals surface area contributed by atoms with Crippen molar-refractivity contribution in [1.29, 1.82) is 0 Å². The van der Waals surface area contributed by atoms with Crippen LogP contribution in [0.5, 0.6) is 0 Å². The van der Waals surface area contributed by atoms with E-state index in [1.54, 1.807) is 12.1 Å². The molecule has 1 aliphatic carbocycles. The maximum Gasteiger partial charge on any atom is 0.144 e. The molecule has 4 rings (SSSR count). The van der Waals surface area contributed by atoms with Crippen LogP contribution in [-0.2, 0) is 4.79 Å². The molecule has 5 heteroatoms. The van der Waals surface area contributed by atoms with Gasteiger partial charge in [-0.2, -0.15) is 0 Å². The van der Waals surface area contributed by atoms with Crippen molar-refractivity contribution < 1.29 is 9.18 Å².